The predicted octanol–water partition coefficient (Wildman–Crippen LogP) is 5.11. The van der Waals surface area contributed by atoms with E-state index < -0.39 is 6.03 Å². The molecule has 2 aromatic carbocycles. The van der Waals surface area contributed by atoms with Crippen LogP contribution in [0.25, 0.3) is 21.7 Å². The highest BCUT2D eigenvalue weighted by atomic mass is 16.5. The molecule has 53 heavy (non-hydrogen) atoms. The summed E-state index contributed by atoms with van der Waals surface area (Å²) in [6, 6.07) is 13.3. The number of hydrogen-bond acceptors (Lipinski definition) is 10. The molecule has 8 rings (SSSR count). The molecule has 14 nitrogen and oxygen atoms in total. The fraction of sp³-hybridized carbons (Fsp3) is 0.359. The summed E-state index contributed by atoms with van der Waals surface area (Å²) >= 11 is 0. The van der Waals surface area contributed by atoms with Gasteiger partial charge >= 0.3 is 6.03 Å². The maximum atomic E-state index is 13.0. The molecular weight excluding hydrogens is 672 g/mol. The van der Waals surface area contributed by atoms with Crippen molar-refractivity contribution in [2.45, 2.75) is 38.1 Å². The number of fused-ring (bicyclic) bond motifs is 2. The Hall–Kier alpha value is -6.07. The van der Waals surface area contributed by atoms with Gasteiger partial charge in [-0.25, -0.2) is 4.79 Å². The van der Waals surface area contributed by atoms with Gasteiger partial charge in [0, 0.05) is 98.4 Å². The van der Waals surface area contributed by atoms with Gasteiger partial charge in [0.2, 0.25) is 5.91 Å². The van der Waals surface area contributed by atoms with Crippen LogP contribution in [0.5, 0.6) is 5.75 Å². The van der Waals surface area contributed by atoms with Gasteiger partial charge < -0.3 is 15.0 Å². The smallest absolute Gasteiger partial charge is 0.328 e. The highest BCUT2D eigenvalue weighted by Gasteiger charge is 2.29. The van der Waals surface area contributed by atoms with Crippen molar-refractivity contribution in [3.8, 4) is 11.8 Å². The summed E-state index contributed by atoms with van der Waals surface area (Å²) in [5.74, 6) is 0.518. The Labute approximate surface area is 306 Å². The van der Waals surface area contributed by atoms with E-state index in [0.29, 0.717) is 41.1 Å². The van der Waals surface area contributed by atoms with Gasteiger partial charge in [-0.3, -0.25) is 39.4 Å². The fourth-order valence-corrected chi connectivity index (χ4v) is 7.92. The van der Waals surface area contributed by atoms with Crippen LogP contribution in [0.1, 0.15) is 54.1 Å². The van der Waals surface area contributed by atoms with Gasteiger partial charge in [0.1, 0.15) is 11.8 Å². The molecule has 1 saturated carbocycles. The van der Waals surface area contributed by atoms with E-state index in [-0.39, 0.29) is 18.2 Å². The molecular formula is C39H40N10O4. The summed E-state index contributed by atoms with van der Waals surface area (Å²) in [7, 11) is 1.56. The van der Waals surface area contributed by atoms with Gasteiger partial charge in [0.15, 0.2) is 0 Å². The van der Waals surface area contributed by atoms with Crippen molar-refractivity contribution in [3.05, 3.63) is 78.5 Å². The molecule has 2 aliphatic heterocycles. The van der Waals surface area contributed by atoms with Gasteiger partial charge in [0.05, 0.1) is 47.4 Å². The third-order valence-corrected chi connectivity index (χ3v) is 10.7. The Bertz CT molecular complexity index is 2250. The van der Waals surface area contributed by atoms with Crippen LogP contribution < -0.4 is 25.2 Å². The lowest BCUT2D eigenvalue weighted by atomic mass is 9.85. The Morgan fingerprint density at radius 3 is 2.55 bits per heavy atom. The van der Waals surface area contributed by atoms with Crippen molar-refractivity contribution in [1.82, 2.24) is 30.0 Å². The second kappa shape index (κ2) is 14.5. The van der Waals surface area contributed by atoms with Crippen molar-refractivity contribution in [2.75, 3.05) is 61.5 Å². The van der Waals surface area contributed by atoms with Crippen LogP contribution in [0.2, 0.25) is 0 Å². The van der Waals surface area contributed by atoms with Crippen LogP contribution in [0.4, 0.5) is 21.9 Å². The molecule has 270 valence electrons. The number of urea groups is 1. The summed E-state index contributed by atoms with van der Waals surface area (Å²) in [5.41, 5.74) is 3.79. The van der Waals surface area contributed by atoms with Gasteiger partial charge in [-0.2, -0.15) is 10.4 Å². The number of amides is 4. The average molecular weight is 713 g/mol. The highest BCUT2D eigenvalue weighted by molar-refractivity contribution is 6.11. The largest absolute Gasteiger partial charge is 0.494 e. The van der Waals surface area contributed by atoms with Crippen molar-refractivity contribution in [2.24, 2.45) is 5.92 Å². The zero-order valence-electron chi connectivity index (χ0n) is 29.5. The molecule has 2 saturated heterocycles. The lowest BCUT2D eigenvalue weighted by Crippen LogP contribution is -2.49. The first-order valence-electron chi connectivity index (χ1n) is 18.1. The third-order valence-electron chi connectivity index (χ3n) is 10.7. The summed E-state index contributed by atoms with van der Waals surface area (Å²) in [6.45, 7) is 5.20. The first-order valence-corrected chi connectivity index (χ1v) is 18.1. The standard InChI is InChI=1S/C39H40N10O4/c1-53-36-17-32-28(16-33(36)43-38(51)27-15-26(18-40)19-41-20-27)24-49(45-32)29-7-5-25(6-8-29)23-46-11-13-47(14-12-46)34-4-2-3-30-31(34)21-42-22-35(30)48-10-9-37(50)44-39(48)52/h2-4,15-17,19-22,24-25,29H,5-14,23H2,1H3,(H,43,51)(H,44,50,52). The van der Waals surface area contributed by atoms with Crippen molar-refractivity contribution in [3.63, 3.8) is 0 Å². The molecule has 14 heteroatoms. The Balaban J connectivity index is 0.867. The Morgan fingerprint density at radius 1 is 0.962 bits per heavy atom. The molecule has 3 aliphatic rings. The number of benzene rings is 2. The summed E-state index contributed by atoms with van der Waals surface area (Å²) < 4.78 is 7.67. The number of piperazine rings is 1. The molecule has 1 aliphatic carbocycles. The van der Waals surface area contributed by atoms with E-state index in [2.05, 4.69) is 47.3 Å². The molecule has 0 radical (unpaired) electrons. The van der Waals surface area contributed by atoms with Crippen LogP contribution in [-0.2, 0) is 4.79 Å². The van der Waals surface area contributed by atoms with E-state index in [1.165, 1.54) is 18.5 Å². The minimum absolute atomic E-state index is 0.251. The SMILES string of the molecule is COc1cc2nn(C3CCC(CN4CCN(c5cccc6c(N7CCC(=O)NC7=O)cncc56)CC4)CC3)cc2cc1NC(=O)c1cncc(C#N)c1. The van der Waals surface area contributed by atoms with Crippen LogP contribution in [0.15, 0.2) is 67.4 Å². The number of carbonyl (C=O) groups excluding carboxylic acids is 3. The quantitative estimate of drug-likeness (QED) is 0.221. The minimum Gasteiger partial charge on any atom is -0.494 e. The second-order valence-corrected chi connectivity index (χ2v) is 14.0. The van der Waals surface area contributed by atoms with Gasteiger partial charge in [-0.15, -0.1) is 0 Å². The number of hydrogen-bond donors (Lipinski definition) is 2. The van der Waals surface area contributed by atoms with Crippen LogP contribution in [0, 0.1) is 17.2 Å². The summed E-state index contributed by atoms with van der Waals surface area (Å²) in [4.78, 5) is 52.4. The number of rotatable bonds is 8. The zero-order chi connectivity index (χ0) is 36.5. The van der Waals surface area contributed by atoms with E-state index >= 15 is 0 Å². The first-order chi connectivity index (χ1) is 25.9. The molecule has 0 spiro atoms. The number of anilines is 3. The maximum Gasteiger partial charge on any atom is 0.328 e. The van der Waals surface area contributed by atoms with Gasteiger partial charge in [-0.1, -0.05) is 12.1 Å². The molecule has 0 atom stereocenters. The molecule has 3 fully saturated rings. The van der Waals surface area contributed by atoms with Crippen molar-refractivity contribution >= 4 is 56.6 Å². The van der Waals surface area contributed by atoms with Crippen LogP contribution in [-0.4, -0.2) is 88.9 Å². The van der Waals surface area contributed by atoms with Crippen LogP contribution >= 0.6 is 0 Å². The number of pyridine rings is 2. The topological polar surface area (TPSA) is 162 Å². The molecule has 5 aromatic rings. The molecule has 4 amide bonds. The average Bonchev–Trinajstić information content (AvgIpc) is 3.61. The zero-order valence-corrected chi connectivity index (χ0v) is 29.5. The molecule has 3 aromatic heterocycles. The third kappa shape index (κ3) is 6.95. The number of methoxy groups -OCH3 is 1. The molecule has 0 unspecified atom stereocenters. The normalized spacial score (nSPS) is 19.6. The maximum absolute atomic E-state index is 13.0. The predicted molar refractivity (Wildman–Crippen MR) is 200 cm³/mol. The number of nitrogens with zero attached hydrogens (tertiary/aromatic N) is 8. The Morgan fingerprint density at radius 2 is 1.77 bits per heavy atom. The molecule has 0 bridgehead atoms. The van der Waals surface area contributed by atoms with E-state index in [1.807, 2.05) is 36.5 Å². The number of nitrogens with one attached hydrogen (secondary N) is 2. The lowest BCUT2D eigenvalue weighted by Gasteiger charge is -2.39. The van der Waals surface area contributed by atoms with Gasteiger partial charge in [0.25, 0.3) is 5.91 Å². The number of imide groups is 1. The van der Waals surface area contributed by atoms with E-state index in [4.69, 9.17) is 9.84 Å². The number of carbonyl (C=O) groups is 3. The number of aromatic nitrogens is 4. The first kappa shape index (κ1) is 34.0. The van der Waals surface area contributed by atoms with E-state index in [0.717, 1.165) is 91.5 Å². The van der Waals surface area contributed by atoms with Crippen LogP contribution in [0.3, 0.4) is 0 Å². The number of nitriles is 1. The number of ether oxygens (including phenoxy) is 1. The molecule has 5 heterocycles. The highest BCUT2D eigenvalue weighted by Crippen LogP contribution is 2.37. The Kier molecular flexibility index (Phi) is 9.32. The van der Waals surface area contributed by atoms with Crippen molar-refractivity contribution < 1.29 is 19.1 Å². The fourth-order valence-electron chi connectivity index (χ4n) is 7.92. The van der Waals surface area contributed by atoms with Crippen molar-refractivity contribution in [1.29, 1.82) is 5.26 Å². The van der Waals surface area contributed by atoms with E-state index in [1.54, 1.807) is 18.2 Å². The summed E-state index contributed by atoms with van der Waals surface area (Å²) in [5, 5.41) is 22.3. The summed E-state index contributed by atoms with van der Waals surface area (Å²) in [6.07, 6.45) is 13.1. The lowest BCUT2D eigenvalue weighted by molar-refractivity contribution is -0.120. The van der Waals surface area contributed by atoms with Gasteiger partial charge in [-0.05, 0) is 49.8 Å². The minimum atomic E-state index is -0.404. The van der Waals surface area contributed by atoms with E-state index in [9.17, 15) is 19.6 Å². The second-order valence-electron chi connectivity index (χ2n) is 14.0. The monoisotopic (exact) mass is 712 g/mol. The molecule has 2 N–H and O–H groups in total.